The fraction of sp³-hybridized carbons (Fsp3) is 0.643. The average molecular weight is 830 g/mol. The van der Waals surface area contributed by atoms with Gasteiger partial charge in [-0.25, -0.2) is 4.98 Å². The lowest BCUT2D eigenvalue weighted by molar-refractivity contribution is -0.160. The number of carbonyl (C=O) groups is 6. The van der Waals surface area contributed by atoms with Gasteiger partial charge in [-0.3, -0.25) is 33.7 Å². The van der Waals surface area contributed by atoms with E-state index in [1.807, 2.05) is 46.6 Å². The summed E-state index contributed by atoms with van der Waals surface area (Å²) < 4.78 is 11.5. The van der Waals surface area contributed by atoms with Crippen molar-refractivity contribution in [1.82, 2.24) is 25.4 Å². The van der Waals surface area contributed by atoms with Crippen molar-refractivity contribution >= 4 is 47.0 Å². The van der Waals surface area contributed by atoms with Gasteiger partial charge in [-0.15, -0.1) is 11.3 Å². The molecule has 1 aromatic carbocycles. The van der Waals surface area contributed by atoms with Gasteiger partial charge in [0.15, 0.2) is 12.8 Å². The molecule has 0 radical (unpaired) electrons. The highest BCUT2D eigenvalue weighted by molar-refractivity contribution is 7.09. The van der Waals surface area contributed by atoms with Gasteiger partial charge in [-0.1, -0.05) is 66.5 Å². The summed E-state index contributed by atoms with van der Waals surface area (Å²) in [6.45, 7) is 12.7. The summed E-state index contributed by atoms with van der Waals surface area (Å²) in [5.41, 5.74) is 0.816. The first-order valence-electron chi connectivity index (χ1n) is 20.4. The van der Waals surface area contributed by atoms with E-state index in [9.17, 15) is 39.0 Å². The third kappa shape index (κ3) is 14.4. The number of thiazole rings is 1. The van der Waals surface area contributed by atoms with Crippen LogP contribution in [-0.4, -0.2) is 105 Å². The number of phenols is 1. The van der Waals surface area contributed by atoms with E-state index in [0.29, 0.717) is 30.7 Å². The van der Waals surface area contributed by atoms with E-state index in [2.05, 4.69) is 15.6 Å². The van der Waals surface area contributed by atoms with Crippen molar-refractivity contribution in [1.29, 1.82) is 0 Å². The molecule has 3 rings (SSSR count). The monoisotopic (exact) mass is 829 g/mol. The number of piperidine rings is 1. The first-order chi connectivity index (χ1) is 27.4. The van der Waals surface area contributed by atoms with Crippen LogP contribution in [0, 0.1) is 17.8 Å². The van der Waals surface area contributed by atoms with E-state index in [1.165, 1.54) is 29.3 Å². The summed E-state index contributed by atoms with van der Waals surface area (Å²) in [6, 6.07) is 3.85. The summed E-state index contributed by atoms with van der Waals surface area (Å²) in [6.07, 6.45) is 3.31. The largest absolute Gasteiger partial charge is 0.508 e. The number of aromatic hydroxyl groups is 1. The minimum absolute atomic E-state index is 0.0330. The highest BCUT2D eigenvalue weighted by Crippen LogP contribution is 2.32. The normalized spacial score (nSPS) is 17.6. The number of carboxylic acids is 1. The zero-order chi connectivity index (χ0) is 43.1. The fourth-order valence-corrected chi connectivity index (χ4v) is 7.91. The predicted octanol–water partition coefficient (Wildman–Crippen LogP) is 5.46. The molecule has 4 N–H and O–H groups in total. The number of likely N-dealkylation sites (N-methyl/N-ethyl adjacent to an activating group) is 1. The van der Waals surface area contributed by atoms with Crippen molar-refractivity contribution in [3.05, 3.63) is 45.9 Å². The van der Waals surface area contributed by atoms with Crippen LogP contribution in [0.2, 0.25) is 0 Å². The Kier molecular flexibility index (Phi) is 19.1. The van der Waals surface area contributed by atoms with E-state index in [1.54, 1.807) is 19.1 Å². The van der Waals surface area contributed by atoms with Crippen LogP contribution in [0.4, 0.5) is 0 Å². The van der Waals surface area contributed by atoms with Crippen LogP contribution in [0.3, 0.4) is 0 Å². The van der Waals surface area contributed by atoms with Gasteiger partial charge in [0.1, 0.15) is 22.5 Å². The molecule has 1 saturated heterocycles. The molecule has 7 atom stereocenters. The van der Waals surface area contributed by atoms with E-state index >= 15 is 0 Å². The van der Waals surface area contributed by atoms with Crippen LogP contribution >= 0.6 is 11.3 Å². The van der Waals surface area contributed by atoms with E-state index in [-0.39, 0.29) is 61.2 Å². The second-order valence-corrected chi connectivity index (χ2v) is 16.7. The maximum atomic E-state index is 14.7. The summed E-state index contributed by atoms with van der Waals surface area (Å²) in [5, 5.41) is 27.1. The molecule has 58 heavy (non-hydrogen) atoms. The van der Waals surface area contributed by atoms with Gasteiger partial charge in [0, 0.05) is 37.2 Å². The van der Waals surface area contributed by atoms with Gasteiger partial charge >= 0.3 is 17.9 Å². The van der Waals surface area contributed by atoms with Crippen LogP contribution in [0.1, 0.15) is 127 Å². The van der Waals surface area contributed by atoms with E-state index < -0.39 is 59.9 Å². The van der Waals surface area contributed by atoms with Gasteiger partial charge < -0.3 is 35.2 Å². The topological polar surface area (TPSA) is 205 Å². The van der Waals surface area contributed by atoms with Gasteiger partial charge in [-0.2, -0.15) is 0 Å². The molecule has 1 aliphatic rings. The fourth-order valence-electron chi connectivity index (χ4n) is 7.07. The Bertz CT molecular complexity index is 1680. The number of benzene rings is 1. The Hall–Kier alpha value is -4.57. The third-order valence-corrected chi connectivity index (χ3v) is 11.7. The minimum Gasteiger partial charge on any atom is -0.508 e. The maximum Gasteiger partial charge on any atom is 0.307 e. The number of likely N-dealkylation sites (tertiary alicyclic amines) is 1. The summed E-state index contributed by atoms with van der Waals surface area (Å²) in [7, 11) is 1.90. The zero-order valence-corrected chi connectivity index (χ0v) is 36.0. The molecule has 2 aromatic rings. The van der Waals surface area contributed by atoms with Crippen LogP contribution in [0.25, 0.3) is 0 Å². The number of esters is 2. The number of ether oxygens (including phenoxy) is 2. The molecule has 1 unspecified atom stereocenters. The Morgan fingerprint density at radius 2 is 1.71 bits per heavy atom. The molecule has 0 saturated carbocycles. The molecule has 15 nitrogen and oxygen atoms in total. The number of aliphatic carboxylic acids is 1. The Balaban J connectivity index is 1.95. The smallest absolute Gasteiger partial charge is 0.307 e. The SMILES string of the molecule is CCCC(=O)OCN(C(=O)[C@H](NC(=O)C1CCCCN1C)[C@@H](C)CC)[C@@H](C[C@H](OC(C)=O)c1nc(C(=O)N[C@H](Cc2ccc(O)cc2)C[C@@H](C)C(=O)O)cs1)C(C)C. The molecule has 1 aliphatic heterocycles. The number of rotatable bonds is 22. The lowest BCUT2D eigenvalue weighted by Crippen LogP contribution is -2.59. The van der Waals surface area contributed by atoms with Crippen LogP contribution < -0.4 is 10.6 Å². The molecule has 3 amide bonds. The van der Waals surface area contributed by atoms with Gasteiger partial charge in [0.05, 0.1) is 12.0 Å². The van der Waals surface area contributed by atoms with Crippen LogP contribution in [0.15, 0.2) is 29.6 Å². The van der Waals surface area contributed by atoms with Crippen molar-refractivity contribution < 1.29 is 48.5 Å². The lowest BCUT2D eigenvalue weighted by Gasteiger charge is -2.39. The number of carbonyl (C=O) groups excluding carboxylic acids is 5. The summed E-state index contributed by atoms with van der Waals surface area (Å²) >= 11 is 1.10. The number of nitrogens with zero attached hydrogens (tertiary/aromatic N) is 3. The Labute approximate surface area is 346 Å². The molecule has 16 heteroatoms. The molecular weight excluding hydrogens is 767 g/mol. The van der Waals surface area contributed by atoms with Gasteiger partial charge in [-0.05, 0) is 75.2 Å². The molecule has 2 heterocycles. The second kappa shape index (κ2) is 23.1. The van der Waals surface area contributed by atoms with Crippen molar-refractivity contribution in [2.24, 2.45) is 17.8 Å². The number of nitrogens with one attached hydrogen (secondary N) is 2. The van der Waals surface area contributed by atoms with Gasteiger partial charge in [0.2, 0.25) is 11.8 Å². The molecular formula is C42H63N5O10S. The lowest BCUT2D eigenvalue weighted by atomic mass is 9.92. The van der Waals surface area contributed by atoms with Crippen molar-refractivity contribution in [3.8, 4) is 5.75 Å². The van der Waals surface area contributed by atoms with Crippen LogP contribution in [-0.2, 0) is 39.9 Å². The number of amides is 3. The number of hydrogen-bond donors (Lipinski definition) is 4. The molecule has 0 spiro atoms. The minimum atomic E-state index is -1.01. The predicted molar refractivity (Wildman–Crippen MR) is 219 cm³/mol. The average Bonchev–Trinajstić information content (AvgIpc) is 3.67. The second-order valence-electron chi connectivity index (χ2n) is 15.8. The molecule has 1 fully saturated rings. The van der Waals surface area contributed by atoms with Crippen molar-refractivity contribution in [2.75, 3.05) is 20.3 Å². The maximum absolute atomic E-state index is 14.7. The summed E-state index contributed by atoms with van der Waals surface area (Å²) in [5.74, 6) is -4.54. The summed E-state index contributed by atoms with van der Waals surface area (Å²) in [4.78, 5) is 87.0. The van der Waals surface area contributed by atoms with Crippen molar-refractivity contribution in [3.63, 3.8) is 0 Å². The Morgan fingerprint density at radius 1 is 1.02 bits per heavy atom. The number of carboxylic acid groups (broad SMARTS) is 1. The first-order valence-corrected chi connectivity index (χ1v) is 21.2. The number of phenolic OH excluding ortho intramolecular Hbond substituents is 1. The quantitative estimate of drug-likeness (QED) is 0.0863. The molecule has 322 valence electrons. The highest BCUT2D eigenvalue weighted by Gasteiger charge is 2.39. The first kappa shape index (κ1) is 47.8. The molecule has 0 bridgehead atoms. The third-order valence-electron chi connectivity index (χ3n) is 10.7. The van der Waals surface area contributed by atoms with Gasteiger partial charge in [0.25, 0.3) is 5.91 Å². The molecule has 1 aromatic heterocycles. The standard InChI is InChI=1S/C42H63N5O10S/c1-9-13-36(50)56-24-47(41(53)37(26(5)10-2)45-39(52)33-14-11-12-19-46(33)8)34(25(3)4)22-35(57-28(7)48)40-44-32(23-58-40)38(51)43-30(20-27(6)42(54)55)21-29-15-17-31(49)18-16-29/h15-18,23,25-27,30,33-35,37,49H,9-14,19-22,24H2,1-8H3,(H,43,51)(H,45,52)(H,54,55)/t26-,27+,30-,33?,34-,35-,37+/m0/s1. The number of aromatic nitrogens is 1. The van der Waals surface area contributed by atoms with Crippen LogP contribution in [0.5, 0.6) is 5.75 Å². The van der Waals surface area contributed by atoms with E-state index in [0.717, 1.165) is 36.3 Å². The highest BCUT2D eigenvalue weighted by atomic mass is 32.1. The van der Waals surface area contributed by atoms with Crippen molar-refractivity contribution in [2.45, 2.75) is 137 Å². The molecule has 0 aliphatic carbocycles. The zero-order valence-electron chi connectivity index (χ0n) is 35.2. The Morgan fingerprint density at radius 3 is 2.29 bits per heavy atom. The number of hydrogen-bond acceptors (Lipinski definition) is 12. The van der Waals surface area contributed by atoms with E-state index in [4.69, 9.17) is 9.47 Å².